The first kappa shape index (κ1) is 25.5. The molecule has 1 amide bonds. The predicted molar refractivity (Wildman–Crippen MR) is 135 cm³/mol. The van der Waals surface area contributed by atoms with Crippen LogP contribution in [-0.4, -0.2) is 89.9 Å². The van der Waals surface area contributed by atoms with Gasteiger partial charge in [0, 0.05) is 50.9 Å². The van der Waals surface area contributed by atoms with Crippen LogP contribution in [0.1, 0.15) is 48.2 Å². The Labute approximate surface area is 211 Å². The van der Waals surface area contributed by atoms with Gasteiger partial charge in [0.25, 0.3) is 0 Å². The Kier molecular flexibility index (Phi) is 8.01. The summed E-state index contributed by atoms with van der Waals surface area (Å²) >= 11 is 6.12. The van der Waals surface area contributed by atoms with Crippen molar-refractivity contribution in [2.45, 2.75) is 37.5 Å². The number of piperazine rings is 1. The molecule has 9 nitrogen and oxygen atoms in total. The summed E-state index contributed by atoms with van der Waals surface area (Å²) in [5.74, 6) is 1.00. The number of aldehydes is 1. The normalized spacial score (nSPS) is 21.9. The van der Waals surface area contributed by atoms with E-state index in [2.05, 4.69) is 32.0 Å². The summed E-state index contributed by atoms with van der Waals surface area (Å²) in [6.07, 6.45) is 2.54. The molecule has 35 heavy (non-hydrogen) atoms. The van der Waals surface area contributed by atoms with Crippen LogP contribution < -0.4 is 10.2 Å². The second kappa shape index (κ2) is 11.0. The molecule has 2 heterocycles. The lowest BCUT2D eigenvalue weighted by molar-refractivity contribution is -0.128. The molecule has 1 unspecified atom stereocenters. The first-order valence-electron chi connectivity index (χ1n) is 12.0. The number of rotatable bonds is 8. The summed E-state index contributed by atoms with van der Waals surface area (Å²) in [7, 11) is 3.39. The number of aliphatic hydroxyl groups is 1. The van der Waals surface area contributed by atoms with Crippen molar-refractivity contribution in [3.63, 3.8) is 0 Å². The van der Waals surface area contributed by atoms with Gasteiger partial charge >= 0.3 is 0 Å². The van der Waals surface area contributed by atoms with Crippen LogP contribution in [0.3, 0.4) is 0 Å². The molecular formula is C25H33ClN6O3. The minimum absolute atomic E-state index is 0.0771. The van der Waals surface area contributed by atoms with E-state index >= 15 is 0 Å². The van der Waals surface area contributed by atoms with Gasteiger partial charge in [-0.05, 0) is 30.0 Å². The molecule has 0 bridgehead atoms. The maximum absolute atomic E-state index is 12.2. The van der Waals surface area contributed by atoms with Crippen molar-refractivity contribution in [1.82, 2.24) is 25.1 Å². The van der Waals surface area contributed by atoms with E-state index in [1.165, 1.54) is 11.2 Å². The largest absolute Gasteiger partial charge is 0.387 e. The molecule has 1 saturated heterocycles. The van der Waals surface area contributed by atoms with Crippen LogP contribution >= 0.6 is 11.6 Å². The second-order valence-corrected chi connectivity index (χ2v) is 9.94. The van der Waals surface area contributed by atoms with Gasteiger partial charge < -0.3 is 19.7 Å². The van der Waals surface area contributed by atoms with Gasteiger partial charge in [-0.15, -0.1) is 0 Å². The number of benzene rings is 1. The Morgan fingerprint density at radius 1 is 1.23 bits per heavy atom. The molecule has 10 heteroatoms. The van der Waals surface area contributed by atoms with E-state index < -0.39 is 12.1 Å². The molecule has 2 aliphatic rings. The van der Waals surface area contributed by atoms with Gasteiger partial charge in [-0.1, -0.05) is 30.7 Å². The zero-order valence-electron chi connectivity index (χ0n) is 20.4. The lowest BCUT2D eigenvalue weighted by Crippen LogP contribution is -2.54. The monoisotopic (exact) mass is 500 g/mol. The predicted octanol–water partition coefficient (Wildman–Crippen LogP) is 1.78. The third-order valence-electron chi connectivity index (χ3n) is 6.97. The van der Waals surface area contributed by atoms with Gasteiger partial charge in [0.05, 0.1) is 30.4 Å². The van der Waals surface area contributed by atoms with E-state index in [-0.39, 0.29) is 24.4 Å². The number of likely N-dealkylation sites (N-methyl/N-ethyl adjacent to an activating group) is 1. The van der Waals surface area contributed by atoms with E-state index in [1.807, 2.05) is 24.3 Å². The van der Waals surface area contributed by atoms with Crippen molar-refractivity contribution in [2.75, 3.05) is 51.7 Å². The van der Waals surface area contributed by atoms with Crippen molar-refractivity contribution in [3.05, 3.63) is 52.4 Å². The molecule has 4 rings (SSSR count). The molecule has 1 aromatic carbocycles. The first-order valence-corrected chi connectivity index (χ1v) is 12.3. The van der Waals surface area contributed by atoms with Gasteiger partial charge in [-0.3, -0.25) is 15.0 Å². The van der Waals surface area contributed by atoms with Crippen molar-refractivity contribution in [2.24, 2.45) is 0 Å². The molecule has 1 fully saturated rings. The summed E-state index contributed by atoms with van der Waals surface area (Å²) in [5, 5.41) is 14.1. The van der Waals surface area contributed by atoms with Crippen LogP contribution in [0.4, 0.5) is 5.82 Å². The van der Waals surface area contributed by atoms with Crippen LogP contribution in [0.25, 0.3) is 0 Å². The number of halogens is 1. The van der Waals surface area contributed by atoms with Crippen LogP contribution in [-0.2, 0) is 9.59 Å². The van der Waals surface area contributed by atoms with Gasteiger partial charge in [-0.2, -0.15) is 0 Å². The van der Waals surface area contributed by atoms with E-state index in [1.54, 1.807) is 14.1 Å². The molecule has 1 aliphatic heterocycles. The van der Waals surface area contributed by atoms with E-state index in [0.29, 0.717) is 24.5 Å². The van der Waals surface area contributed by atoms with E-state index in [9.17, 15) is 14.7 Å². The molecule has 0 spiro atoms. The molecular weight excluding hydrogens is 468 g/mol. The van der Waals surface area contributed by atoms with Crippen LogP contribution in [0.2, 0.25) is 5.02 Å². The van der Waals surface area contributed by atoms with Gasteiger partial charge in [-0.25, -0.2) is 9.97 Å². The third kappa shape index (κ3) is 5.48. The fourth-order valence-corrected chi connectivity index (χ4v) is 5.19. The van der Waals surface area contributed by atoms with Crippen molar-refractivity contribution >= 4 is 29.6 Å². The van der Waals surface area contributed by atoms with Crippen molar-refractivity contribution in [1.29, 1.82) is 0 Å². The number of nitrogens with one attached hydrogen (secondary N) is 1. The Balaban J connectivity index is 1.53. The fourth-order valence-electron chi connectivity index (χ4n) is 5.07. The summed E-state index contributed by atoms with van der Waals surface area (Å²) in [6.45, 7) is 5.03. The Bertz CT molecular complexity index is 1040. The van der Waals surface area contributed by atoms with Gasteiger partial charge in [0.1, 0.15) is 18.4 Å². The fraction of sp³-hybridized carbons (Fsp3) is 0.520. The Morgan fingerprint density at radius 2 is 1.91 bits per heavy atom. The molecule has 188 valence electrons. The van der Waals surface area contributed by atoms with Gasteiger partial charge in [0.2, 0.25) is 5.91 Å². The van der Waals surface area contributed by atoms with Crippen LogP contribution in [0, 0.1) is 0 Å². The molecule has 1 aromatic heterocycles. The lowest BCUT2D eigenvalue weighted by Gasteiger charge is -2.42. The molecule has 2 N–H and O–H groups in total. The topological polar surface area (TPSA) is 102 Å². The standard InChI is InChI=1S/C25H33ClN6O3/c1-16-12-20(34)23-22(16)25(29-15-28-23)32-10-8-31(9-11-32)24(17-4-6-18(26)7-5-17)19(14-33)27-13-21(35)30(2)3/h4-7,14-16,19-20,24,27,34H,8-13H2,1-3H3/t16-,19?,20-,24+/m1/s1. The van der Waals surface area contributed by atoms with Gasteiger partial charge in [0.15, 0.2) is 0 Å². The minimum Gasteiger partial charge on any atom is -0.387 e. The van der Waals surface area contributed by atoms with Crippen LogP contribution in [0.5, 0.6) is 0 Å². The summed E-state index contributed by atoms with van der Waals surface area (Å²) in [6, 6.07) is 6.70. The first-order chi connectivity index (χ1) is 16.8. The average molecular weight is 501 g/mol. The Hall–Kier alpha value is -2.59. The third-order valence-corrected chi connectivity index (χ3v) is 7.22. The smallest absolute Gasteiger partial charge is 0.236 e. The van der Waals surface area contributed by atoms with Crippen LogP contribution in [0.15, 0.2) is 30.6 Å². The van der Waals surface area contributed by atoms with Crippen molar-refractivity contribution in [3.8, 4) is 0 Å². The number of nitrogens with zero attached hydrogens (tertiary/aromatic N) is 5. The number of carbonyl (C=O) groups is 2. The highest BCUT2D eigenvalue weighted by atomic mass is 35.5. The maximum Gasteiger partial charge on any atom is 0.236 e. The number of amides is 1. The lowest BCUT2D eigenvalue weighted by atomic mass is 9.97. The molecule has 0 radical (unpaired) electrons. The Morgan fingerprint density at radius 3 is 2.54 bits per heavy atom. The molecule has 1 aliphatic carbocycles. The molecule has 0 saturated carbocycles. The second-order valence-electron chi connectivity index (χ2n) is 9.50. The number of carbonyl (C=O) groups excluding carboxylic acids is 2. The average Bonchev–Trinajstić information content (AvgIpc) is 3.16. The summed E-state index contributed by atoms with van der Waals surface area (Å²) in [5.41, 5.74) is 2.74. The number of hydrogen-bond donors (Lipinski definition) is 2. The zero-order chi connectivity index (χ0) is 25.1. The SMILES string of the molecule is C[C@@H]1C[C@@H](O)c2ncnc(N3CCN([C@@H](c4ccc(Cl)cc4)C(C=O)NCC(=O)N(C)C)CC3)c21. The molecule has 4 atom stereocenters. The van der Waals surface area contributed by atoms with Crippen molar-refractivity contribution < 1.29 is 14.7 Å². The van der Waals surface area contributed by atoms with E-state index in [4.69, 9.17) is 11.6 Å². The number of aliphatic hydroxyl groups excluding tert-OH is 1. The highest BCUT2D eigenvalue weighted by Crippen LogP contribution is 2.43. The number of fused-ring (bicyclic) bond motifs is 1. The maximum atomic E-state index is 12.2. The highest BCUT2D eigenvalue weighted by Gasteiger charge is 2.36. The summed E-state index contributed by atoms with van der Waals surface area (Å²) in [4.78, 5) is 39.3. The zero-order valence-corrected chi connectivity index (χ0v) is 21.1. The number of anilines is 1. The molecule has 2 aromatic rings. The summed E-state index contributed by atoms with van der Waals surface area (Å²) < 4.78 is 0. The number of aromatic nitrogens is 2. The highest BCUT2D eigenvalue weighted by molar-refractivity contribution is 6.30. The number of hydrogen-bond acceptors (Lipinski definition) is 8. The minimum atomic E-state index is -0.565. The quantitative estimate of drug-likeness (QED) is 0.529. The van der Waals surface area contributed by atoms with E-state index in [0.717, 1.165) is 42.0 Å².